The Hall–Kier alpha value is -2.50. The van der Waals surface area contributed by atoms with Crippen molar-refractivity contribution in [3.63, 3.8) is 0 Å². The van der Waals surface area contributed by atoms with Gasteiger partial charge in [-0.1, -0.05) is 17.3 Å². The van der Waals surface area contributed by atoms with Crippen LogP contribution < -0.4 is 0 Å². The molecule has 0 saturated carbocycles. The topological polar surface area (TPSA) is 84.7 Å². The second-order valence-corrected chi connectivity index (χ2v) is 4.30. The molecule has 0 radical (unpaired) electrons. The van der Waals surface area contributed by atoms with E-state index in [1.807, 2.05) is 31.2 Å². The molecular weight excluding hydrogens is 258 g/mol. The van der Waals surface area contributed by atoms with Crippen LogP contribution in [-0.2, 0) is 9.63 Å². The van der Waals surface area contributed by atoms with E-state index in [9.17, 15) is 4.79 Å². The number of aryl methyl sites for hydroxylation is 1. The molecule has 0 atom stereocenters. The minimum atomic E-state index is -0.917. The summed E-state index contributed by atoms with van der Waals surface area (Å²) in [4.78, 5) is 24.3. The Kier molecular flexibility index (Phi) is 4.24. The van der Waals surface area contributed by atoms with Crippen LogP contribution in [0.2, 0.25) is 0 Å². The number of fused-ring (bicyclic) bond motifs is 1. The summed E-state index contributed by atoms with van der Waals surface area (Å²) >= 11 is 0. The molecule has 104 valence electrons. The number of rotatable bonds is 5. The molecule has 0 aliphatic carbocycles. The molecule has 0 fully saturated rings. The van der Waals surface area contributed by atoms with Gasteiger partial charge in [-0.3, -0.25) is 4.79 Å². The van der Waals surface area contributed by atoms with E-state index in [0.29, 0.717) is 11.4 Å². The number of para-hydroxylation sites is 2. The molecule has 0 aliphatic rings. The van der Waals surface area contributed by atoms with Crippen molar-refractivity contribution in [2.75, 3.05) is 6.61 Å². The molecule has 0 aliphatic heterocycles. The Labute approximate surface area is 116 Å². The van der Waals surface area contributed by atoms with Gasteiger partial charge in [0, 0.05) is 0 Å². The van der Waals surface area contributed by atoms with Crippen molar-refractivity contribution in [1.82, 2.24) is 9.97 Å². The molecule has 1 aromatic heterocycles. The van der Waals surface area contributed by atoms with E-state index < -0.39 is 5.97 Å². The summed E-state index contributed by atoms with van der Waals surface area (Å²) in [6.07, 6.45) is -0.0842. The quantitative estimate of drug-likeness (QED) is 0.512. The molecule has 1 heterocycles. The summed E-state index contributed by atoms with van der Waals surface area (Å²) in [7, 11) is 0. The monoisotopic (exact) mass is 273 g/mol. The molecule has 6 nitrogen and oxygen atoms in total. The van der Waals surface area contributed by atoms with E-state index in [1.165, 1.54) is 0 Å². The van der Waals surface area contributed by atoms with Gasteiger partial charge in [0.05, 0.1) is 23.1 Å². The predicted octanol–water partition coefficient (Wildman–Crippen LogP) is 2.15. The summed E-state index contributed by atoms with van der Waals surface area (Å²) in [5, 5.41) is 12.4. The normalized spacial score (nSPS) is 11.6. The van der Waals surface area contributed by atoms with Crippen LogP contribution in [0.5, 0.6) is 0 Å². The van der Waals surface area contributed by atoms with Crippen molar-refractivity contribution in [3.8, 4) is 0 Å². The van der Waals surface area contributed by atoms with E-state index in [-0.39, 0.29) is 13.0 Å². The van der Waals surface area contributed by atoms with Crippen LogP contribution in [0.25, 0.3) is 11.0 Å². The van der Waals surface area contributed by atoms with Crippen molar-refractivity contribution in [2.45, 2.75) is 20.3 Å². The fourth-order valence-electron chi connectivity index (χ4n) is 1.75. The summed E-state index contributed by atoms with van der Waals surface area (Å²) in [6.45, 7) is 3.64. The zero-order valence-electron chi connectivity index (χ0n) is 11.3. The van der Waals surface area contributed by atoms with Gasteiger partial charge >= 0.3 is 5.97 Å². The minimum Gasteiger partial charge on any atom is -0.481 e. The number of aromatic nitrogens is 2. The Balaban J connectivity index is 2.20. The fourth-order valence-corrected chi connectivity index (χ4v) is 1.75. The number of aliphatic carboxylic acids is 1. The largest absolute Gasteiger partial charge is 0.481 e. The molecule has 0 unspecified atom stereocenters. The minimum absolute atomic E-state index is 0.0345. The molecule has 2 aromatic rings. The van der Waals surface area contributed by atoms with Crippen molar-refractivity contribution in [3.05, 3.63) is 35.7 Å². The number of hydrogen-bond donors (Lipinski definition) is 1. The van der Waals surface area contributed by atoms with Crippen LogP contribution in [0.3, 0.4) is 0 Å². The second-order valence-electron chi connectivity index (χ2n) is 4.30. The SMILES string of the molecule is C/C(=N\OCCC(=O)O)c1nc2ccccc2nc1C. The Morgan fingerprint density at radius 3 is 2.60 bits per heavy atom. The third-order valence-corrected chi connectivity index (χ3v) is 2.70. The molecule has 20 heavy (non-hydrogen) atoms. The molecule has 2 rings (SSSR count). The maximum absolute atomic E-state index is 10.4. The van der Waals surface area contributed by atoms with Crippen LogP contribution in [0.4, 0.5) is 0 Å². The zero-order chi connectivity index (χ0) is 14.5. The van der Waals surface area contributed by atoms with Gasteiger partial charge in [-0.2, -0.15) is 0 Å². The molecule has 6 heteroatoms. The van der Waals surface area contributed by atoms with E-state index in [4.69, 9.17) is 9.94 Å². The van der Waals surface area contributed by atoms with Gasteiger partial charge in [-0.25, -0.2) is 9.97 Å². The standard InChI is InChI=1S/C14H15N3O3/c1-9-14(10(2)17-20-8-7-13(18)19)16-12-6-4-3-5-11(12)15-9/h3-6H,7-8H2,1-2H3,(H,18,19)/b17-10+. The first-order chi connectivity index (χ1) is 9.58. The second kappa shape index (κ2) is 6.10. The Bertz CT molecular complexity index is 668. The summed E-state index contributed by atoms with van der Waals surface area (Å²) in [5.74, 6) is -0.917. The number of nitrogens with zero attached hydrogens (tertiary/aromatic N) is 3. The highest BCUT2D eigenvalue weighted by Gasteiger charge is 2.08. The number of hydrogen-bond acceptors (Lipinski definition) is 5. The van der Waals surface area contributed by atoms with Gasteiger partial charge in [0.15, 0.2) is 0 Å². The molecule has 1 aromatic carbocycles. The van der Waals surface area contributed by atoms with Crippen LogP contribution in [-0.4, -0.2) is 33.4 Å². The van der Waals surface area contributed by atoms with Crippen LogP contribution in [0.15, 0.2) is 29.4 Å². The predicted molar refractivity (Wildman–Crippen MR) is 74.7 cm³/mol. The lowest BCUT2D eigenvalue weighted by Gasteiger charge is -2.06. The maximum Gasteiger partial charge on any atom is 0.306 e. The molecule has 0 spiro atoms. The number of benzene rings is 1. The fraction of sp³-hybridized carbons (Fsp3) is 0.286. The summed E-state index contributed by atoms with van der Waals surface area (Å²) in [5.41, 5.74) is 3.60. The van der Waals surface area contributed by atoms with Gasteiger partial charge in [0.2, 0.25) is 0 Å². The first-order valence-electron chi connectivity index (χ1n) is 6.20. The molecule has 1 N–H and O–H groups in total. The van der Waals surface area contributed by atoms with Gasteiger partial charge in [-0.15, -0.1) is 0 Å². The van der Waals surface area contributed by atoms with E-state index >= 15 is 0 Å². The van der Waals surface area contributed by atoms with Crippen LogP contribution in [0, 0.1) is 6.92 Å². The number of carboxylic acids is 1. The smallest absolute Gasteiger partial charge is 0.306 e. The first-order valence-corrected chi connectivity index (χ1v) is 6.20. The third-order valence-electron chi connectivity index (χ3n) is 2.70. The van der Waals surface area contributed by atoms with E-state index in [0.717, 1.165) is 16.7 Å². The first kappa shape index (κ1) is 13.9. The number of carboxylic acid groups (broad SMARTS) is 1. The number of carbonyl (C=O) groups is 1. The average molecular weight is 273 g/mol. The van der Waals surface area contributed by atoms with Crippen molar-refractivity contribution >= 4 is 22.7 Å². The molecule has 0 bridgehead atoms. The van der Waals surface area contributed by atoms with Crippen LogP contribution in [0.1, 0.15) is 24.7 Å². The van der Waals surface area contributed by atoms with Gasteiger partial charge in [0.25, 0.3) is 0 Å². The Morgan fingerprint density at radius 2 is 1.95 bits per heavy atom. The summed E-state index contributed by atoms with van der Waals surface area (Å²) in [6, 6.07) is 7.58. The highest BCUT2D eigenvalue weighted by molar-refractivity contribution is 5.98. The highest BCUT2D eigenvalue weighted by Crippen LogP contribution is 2.13. The third kappa shape index (κ3) is 3.28. The van der Waals surface area contributed by atoms with Gasteiger partial charge in [-0.05, 0) is 26.0 Å². The van der Waals surface area contributed by atoms with Gasteiger partial charge in [0.1, 0.15) is 18.0 Å². The number of oxime groups is 1. The van der Waals surface area contributed by atoms with Crippen molar-refractivity contribution in [2.24, 2.45) is 5.16 Å². The maximum atomic E-state index is 10.4. The lowest BCUT2D eigenvalue weighted by atomic mass is 10.2. The highest BCUT2D eigenvalue weighted by atomic mass is 16.6. The van der Waals surface area contributed by atoms with Crippen LogP contribution >= 0.6 is 0 Å². The van der Waals surface area contributed by atoms with E-state index in [1.54, 1.807) is 6.92 Å². The molecule has 0 saturated heterocycles. The average Bonchev–Trinajstić information content (AvgIpc) is 2.42. The van der Waals surface area contributed by atoms with E-state index in [2.05, 4.69) is 15.1 Å². The molecular formula is C14H15N3O3. The lowest BCUT2D eigenvalue weighted by molar-refractivity contribution is -0.138. The van der Waals surface area contributed by atoms with Crippen molar-refractivity contribution < 1.29 is 14.7 Å². The molecule has 0 amide bonds. The van der Waals surface area contributed by atoms with Gasteiger partial charge < -0.3 is 9.94 Å². The van der Waals surface area contributed by atoms with Crippen molar-refractivity contribution in [1.29, 1.82) is 0 Å². The summed E-state index contributed by atoms with van der Waals surface area (Å²) < 4.78 is 0. The zero-order valence-corrected chi connectivity index (χ0v) is 11.3. The Morgan fingerprint density at radius 1 is 1.30 bits per heavy atom. The lowest BCUT2D eigenvalue weighted by Crippen LogP contribution is -2.06.